The van der Waals surface area contributed by atoms with Crippen molar-refractivity contribution >= 4 is 0 Å². The van der Waals surface area contributed by atoms with Crippen LogP contribution in [0.1, 0.15) is 64.2 Å². The second-order valence-electron chi connectivity index (χ2n) is 8.28. The Kier molecular flexibility index (Phi) is 2.25. The van der Waals surface area contributed by atoms with Crippen molar-refractivity contribution in [2.24, 2.45) is 47.3 Å². The molecule has 0 N–H and O–H groups in total. The van der Waals surface area contributed by atoms with E-state index in [1.54, 1.807) is 64.2 Å². The molecule has 0 aromatic carbocycles. The summed E-state index contributed by atoms with van der Waals surface area (Å²) in [5, 5.41) is 0. The quantitative estimate of drug-likeness (QED) is 0.569. The van der Waals surface area contributed by atoms with E-state index in [9.17, 15) is 0 Å². The zero-order chi connectivity index (χ0) is 11.7. The first-order valence-corrected chi connectivity index (χ1v) is 8.95. The monoisotopic (exact) mass is 244 g/mol. The van der Waals surface area contributed by atoms with Gasteiger partial charge in [0, 0.05) is 0 Å². The lowest BCUT2D eigenvalue weighted by Crippen LogP contribution is -2.64. The molecule has 0 radical (unpaired) electrons. The predicted octanol–water partition coefficient (Wildman–Crippen LogP) is 4.89. The van der Waals surface area contributed by atoms with E-state index in [0.29, 0.717) is 0 Å². The SMILES string of the molecule is C1CCC2C(C1)C1CCC3C4CCCCC4C3C21. The largest absolute Gasteiger partial charge is 0.0530 e. The van der Waals surface area contributed by atoms with E-state index in [2.05, 4.69) is 0 Å². The van der Waals surface area contributed by atoms with E-state index < -0.39 is 0 Å². The summed E-state index contributed by atoms with van der Waals surface area (Å²) < 4.78 is 0. The van der Waals surface area contributed by atoms with Crippen LogP contribution in [0.3, 0.4) is 0 Å². The summed E-state index contributed by atoms with van der Waals surface area (Å²) in [6, 6.07) is 0. The van der Waals surface area contributed by atoms with Crippen molar-refractivity contribution in [1.29, 1.82) is 0 Å². The van der Waals surface area contributed by atoms with E-state index in [0.717, 1.165) is 0 Å². The summed E-state index contributed by atoms with van der Waals surface area (Å²) in [6.45, 7) is 0. The molecular formula is C18H28. The minimum Gasteiger partial charge on any atom is -0.0530 e. The summed E-state index contributed by atoms with van der Waals surface area (Å²) in [6.07, 6.45) is 16.0. The zero-order valence-electron chi connectivity index (χ0n) is 11.7. The van der Waals surface area contributed by atoms with E-state index in [4.69, 9.17) is 0 Å². The third-order valence-corrected chi connectivity index (χ3v) is 8.10. The van der Waals surface area contributed by atoms with Crippen molar-refractivity contribution in [1.82, 2.24) is 0 Å². The van der Waals surface area contributed by atoms with Crippen molar-refractivity contribution in [3.05, 3.63) is 0 Å². The Bertz CT molecular complexity index is 300. The summed E-state index contributed by atoms with van der Waals surface area (Å²) >= 11 is 0. The van der Waals surface area contributed by atoms with Gasteiger partial charge in [-0.05, 0) is 85.9 Å². The van der Waals surface area contributed by atoms with Gasteiger partial charge < -0.3 is 0 Å². The molecule has 0 spiro atoms. The van der Waals surface area contributed by atoms with E-state index >= 15 is 0 Å². The summed E-state index contributed by atoms with van der Waals surface area (Å²) in [5.74, 6) is 9.69. The molecule has 0 heteroatoms. The van der Waals surface area contributed by atoms with Gasteiger partial charge in [-0.15, -0.1) is 0 Å². The summed E-state index contributed by atoms with van der Waals surface area (Å²) in [4.78, 5) is 0. The van der Waals surface area contributed by atoms with Gasteiger partial charge >= 0.3 is 0 Å². The fourth-order valence-electron chi connectivity index (χ4n) is 7.65. The Balaban J connectivity index is 1.41. The average molecular weight is 244 g/mol. The predicted molar refractivity (Wildman–Crippen MR) is 74.1 cm³/mol. The van der Waals surface area contributed by atoms with Crippen LogP contribution < -0.4 is 0 Å². The van der Waals surface area contributed by atoms with Gasteiger partial charge in [-0.2, -0.15) is 0 Å². The first-order chi connectivity index (χ1) is 8.95. The molecule has 8 unspecified atom stereocenters. The number of fused-ring (bicyclic) bond motifs is 9. The molecule has 100 valence electrons. The lowest BCUT2D eigenvalue weighted by Gasteiger charge is -2.70. The molecule has 0 heterocycles. The van der Waals surface area contributed by atoms with Gasteiger partial charge in [0.1, 0.15) is 0 Å². The average Bonchev–Trinajstić information content (AvgIpc) is 2.41. The minimum atomic E-state index is 1.20. The highest BCUT2D eigenvalue weighted by Crippen LogP contribution is 2.70. The molecule has 18 heavy (non-hydrogen) atoms. The maximum atomic E-state index is 1.64. The lowest BCUT2D eigenvalue weighted by atomic mass is 9.35. The Morgan fingerprint density at radius 3 is 1.11 bits per heavy atom. The highest BCUT2D eigenvalue weighted by molar-refractivity contribution is 5.12. The Morgan fingerprint density at radius 1 is 0.333 bits per heavy atom. The lowest BCUT2D eigenvalue weighted by molar-refractivity contribution is -0.217. The van der Waals surface area contributed by atoms with Crippen LogP contribution in [-0.4, -0.2) is 0 Å². The third kappa shape index (κ3) is 1.19. The highest BCUT2D eigenvalue weighted by atomic mass is 14.7. The van der Waals surface area contributed by atoms with Crippen LogP contribution in [-0.2, 0) is 0 Å². The van der Waals surface area contributed by atoms with Gasteiger partial charge in [0.05, 0.1) is 0 Å². The molecule has 0 nitrogen and oxygen atoms in total. The summed E-state index contributed by atoms with van der Waals surface area (Å²) in [5.41, 5.74) is 0. The smallest absolute Gasteiger partial charge is 0.0318 e. The van der Waals surface area contributed by atoms with Crippen LogP contribution in [0.15, 0.2) is 0 Å². The zero-order valence-corrected chi connectivity index (χ0v) is 11.7. The van der Waals surface area contributed by atoms with Crippen LogP contribution in [0.4, 0.5) is 0 Å². The van der Waals surface area contributed by atoms with Crippen LogP contribution in [0, 0.1) is 47.3 Å². The van der Waals surface area contributed by atoms with Crippen LogP contribution >= 0.6 is 0 Å². The maximum absolute atomic E-state index is 1.64. The minimum absolute atomic E-state index is 1.20. The molecule has 5 saturated carbocycles. The van der Waals surface area contributed by atoms with Crippen molar-refractivity contribution < 1.29 is 0 Å². The molecule has 0 aromatic heterocycles. The molecule has 5 fully saturated rings. The molecular weight excluding hydrogens is 216 g/mol. The van der Waals surface area contributed by atoms with E-state index in [-0.39, 0.29) is 0 Å². The first-order valence-electron chi connectivity index (χ1n) is 8.95. The van der Waals surface area contributed by atoms with Crippen LogP contribution in [0.5, 0.6) is 0 Å². The molecule has 8 atom stereocenters. The Morgan fingerprint density at radius 2 is 0.667 bits per heavy atom. The molecule has 0 aliphatic heterocycles. The van der Waals surface area contributed by atoms with E-state index in [1.165, 1.54) is 47.3 Å². The molecule has 0 amide bonds. The fraction of sp³-hybridized carbons (Fsp3) is 1.00. The number of hydrogen-bond donors (Lipinski definition) is 0. The maximum Gasteiger partial charge on any atom is -0.0318 e. The molecule has 5 aliphatic rings. The second-order valence-corrected chi connectivity index (χ2v) is 8.28. The number of rotatable bonds is 0. The van der Waals surface area contributed by atoms with Gasteiger partial charge in [-0.1, -0.05) is 25.7 Å². The Labute approximate surface area is 112 Å². The molecule has 0 bridgehead atoms. The van der Waals surface area contributed by atoms with Gasteiger partial charge in [-0.3, -0.25) is 0 Å². The standard InChI is InChI=1S/C18H28/c1-3-7-13-11(5-1)15-9-10-16-12-6-2-4-8-14(12)18(16)17(13)15/h11-18H,1-10H2. The number of hydrogen-bond acceptors (Lipinski definition) is 0. The van der Waals surface area contributed by atoms with Crippen molar-refractivity contribution in [2.45, 2.75) is 64.2 Å². The van der Waals surface area contributed by atoms with E-state index in [1.807, 2.05) is 0 Å². The molecule has 5 aliphatic carbocycles. The topological polar surface area (TPSA) is 0 Å². The van der Waals surface area contributed by atoms with Gasteiger partial charge in [0.15, 0.2) is 0 Å². The molecule has 0 saturated heterocycles. The second kappa shape index (κ2) is 3.76. The van der Waals surface area contributed by atoms with Crippen molar-refractivity contribution in [2.75, 3.05) is 0 Å². The highest BCUT2D eigenvalue weighted by Gasteiger charge is 2.64. The van der Waals surface area contributed by atoms with Crippen LogP contribution in [0.2, 0.25) is 0 Å². The third-order valence-electron chi connectivity index (χ3n) is 8.10. The van der Waals surface area contributed by atoms with Crippen molar-refractivity contribution in [3.8, 4) is 0 Å². The van der Waals surface area contributed by atoms with Crippen LogP contribution in [0.25, 0.3) is 0 Å². The fourth-order valence-corrected chi connectivity index (χ4v) is 7.65. The molecule has 5 rings (SSSR count). The van der Waals surface area contributed by atoms with Gasteiger partial charge in [-0.25, -0.2) is 0 Å². The molecule has 0 aromatic rings. The van der Waals surface area contributed by atoms with Crippen molar-refractivity contribution in [3.63, 3.8) is 0 Å². The van der Waals surface area contributed by atoms with Gasteiger partial charge in [0.25, 0.3) is 0 Å². The Hall–Kier alpha value is 0. The summed E-state index contributed by atoms with van der Waals surface area (Å²) in [7, 11) is 0. The van der Waals surface area contributed by atoms with Gasteiger partial charge in [0.2, 0.25) is 0 Å². The first kappa shape index (κ1) is 10.7. The normalized spacial score (nSPS) is 61.3.